The third-order valence-corrected chi connectivity index (χ3v) is 4.65. The van der Waals surface area contributed by atoms with Crippen LogP contribution >= 0.6 is 11.6 Å². The van der Waals surface area contributed by atoms with Crippen molar-refractivity contribution < 1.29 is 18.6 Å². The van der Waals surface area contributed by atoms with Gasteiger partial charge in [-0.25, -0.2) is 14.4 Å². The topological polar surface area (TPSA) is 65.5 Å². The molecule has 1 unspecified atom stereocenters. The Labute approximate surface area is 166 Å². The zero-order valence-corrected chi connectivity index (χ0v) is 16.0. The summed E-state index contributed by atoms with van der Waals surface area (Å²) in [4.78, 5) is 8.66. The molecule has 0 radical (unpaired) electrons. The average molecular weight is 404 g/mol. The fraction of sp³-hybridized carbons (Fsp3) is 0.300. The van der Waals surface area contributed by atoms with Gasteiger partial charge < -0.3 is 19.5 Å². The number of fused-ring (bicyclic) bond motifs is 1. The van der Waals surface area contributed by atoms with Crippen molar-refractivity contribution in [3.63, 3.8) is 0 Å². The van der Waals surface area contributed by atoms with Gasteiger partial charge in [-0.2, -0.15) is 0 Å². The Morgan fingerprint density at radius 1 is 1.25 bits per heavy atom. The minimum Gasteiger partial charge on any atom is -0.490 e. The van der Waals surface area contributed by atoms with Crippen LogP contribution in [0.25, 0.3) is 10.9 Å². The van der Waals surface area contributed by atoms with E-state index in [2.05, 4.69) is 15.3 Å². The van der Waals surface area contributed by atoms with E-state index in [9.17, 15) is 4.39 Å². The summed E-state index contributed by atoms with van der Waals surface area (Å²) in [5.41, 5.74) is 1.32. The van der Waals surface area contributed by atoms with E-state index in [1.165, 1.54) is 18.5 Å². The van der Waals surface area contributed by atoms with Gasteiger partial charge in [0.1, 0.15) is 24.1 Å². The molecule has 0 aliphatic carbocycles. The molecule has 146 valence electrons. The van der Waals surface area contributed by atoms with Crippen LogP contribution in [-0.2, 0) is 4.74 Å². The number of halogens is 2. The van der Waals surface area contributed by atoms with Gasteiger partial charge in [-0.05, 0) is 31.2 Å². The second kappa shape index (κ2) is 8.16. The molecule has 1 saturated heterocycles. The van der Waals surface area contributed by atoms with Gasteiger partial charge in [0, 0.05) is 23.6 Å². The van der Waals surface area contributed by atoms with Crippen molar-refractivity contribution >= 4 is 34.0 Å². The summed E-state index contributed by atoms with van der Waals surface area (Å²) in [5, 5.41) is 3.95. The number of aromatic nitrogens is 2. The number of hydrogen-bond acceptors (Lipinski definition) is 6. The highest BCUT2D eigenvalue weighted by molar-refractivity contribution is 6.31. The van der Waals surface area contributed by atoms with E-state index in [1.807, 2.05) is 19.1 Å². The van der Waals surface area contributed by atoms with E-state index >= 15 is 0 Å². The van der Waals surface area contributed by atoms with Crippen LogP contribution in [-0.4, -0.2) is 35.9 Å². The Morgan fingerprint density at radius 2 is 2.14 bits per heavy atom. The lowest BCUT2D eigenvalue weighted by molar-refractivity contribution is 0.138. The highest BCUT2D eigenvalue weighted by atomic mass is 35.5. The maximum Gasteiger partial charge on any atom is 0.163 e. The van der Waals surface area contributed by atoms with Gasteiger partial charge in [0.15, 0.2) is 11.5 Å². The summed E-state index contributed by atoms with van der Waals surface area (Å²) >= 11 is 5.88. The molecule has 8 heteroatoms. The molecular weight excluding hydrogens is 385 g/mol. The van der Waals surface area contributed by atoms with Crippen LogP contribution in [0.15, 0.2) is 36.7 Å². The molecular formula is C20H19ClFN3O3. The molecule has 4 rings (SSSR count). The van der Waals surface area contributed by atoms with E-state index in [0.29, 0.717) is 48.3 Å². The lowest BCUT2D eigenvalue weighted by atomic mass is 10.2. The monoisotopic (exact) mass is 403 g/mol. The van der Waals surface area contributed by atoms with Gasteiger partial charge in [0.25, 0.3) is 0 Å². The standard InChI is InChI=1S/C20H19ClFN3O3/c1-2-27-18-9-17-14(8-19(18)28-13-5-6-26-10-13)20(24-11-23-17)25-12-3-4-16(22)15(21)7-12/h3-4,7-9,11,13H,2,5-6,10H2,1H3,(H,23,24,25). The first-order chi connectivity index (χ1) is 13.6. The number of rotatable bonds is 6. The number of nitrogens with zero attached hydrogens (tertiary/aromatic N) is 2. The lowest BCUT2D eigenvalue weighted by Crippen LogP contribution is -2.16. The molecule has 1 atom stereocenters. The SMILES string of the molecule is CCOc1cc2ncnc(Nc3ccc(F)c(Cl)c3)c2cc1OC1CCOC1. The van der Waals surface area contributed by atoms with Crippen LogP contribution in [0.5, 0.6) is 11.5 Å². The first-order valence-corrected chi connectivity index (χ1v) is 9.40. The second-order valence-electron chi connectivity index (χ2n) is 6.33. The van der Waals surface area contributed by atoms with Crippen molar-refractivity contribution in [2.24, 2.45) is 0 Å². The van der Waals surface area contributed by atoms with Gasteiger partial charge in [-0.15, -0.1) is 0 Å². The summed E-state index contributed by atoms with van der Waals surface area (Å²) in [5.74, 6) is 1.31. The normalized spacial score (nSPS) is 16.3. The zero-order valence-electron chi connectivity index (χ0n) is 15.2. The van der Waals surface area contributed by atoms with Crippen LogP contribution in [0.3, 0.4) is 0 Å². The van der Waals surface area contributed by atoms with E-state index in [0.717, 1.165) is 11.8 Å². The highest BCUT2D eigenvalue weighted by Crippen LogP contribution is 2.36. The summed E-state index contributed by atoms with van der Waals surface area (Å²) in [6.45, 7) is 3.66. The van der Waals surface area contributed by atoms with Crippen LogP contribution in [0.2, 0.25) is 5.02 Å². The predicted octanol–water partition coefficient (Wildman–Crippen LogP) is 4.73. The van der Waals surface area contributed by atoms with Crippen molar-refractivity contribution in [2.45, 2.75) is 19.4 Å². The summed E-state index contributed by atoms with van der Waals surface area (Å²) in [6, 6.07) is 8.08. The quantitative estimate of drug-likeness (QED) is 0.641. The van der Waals surface area contributed by atoms with E-state index in [1.54, 1.807) is 6.07 Å². The first-order valence-electron chi connectivity index (χ1n) is 9.02. The second-order valence-corrected chi connectivity index (χ2v) is 6.74. The van der Waals surface area contributed by atoms with E-state index < -0.39 is 5.82 Å². The lowest BCUT2D eigenvalue weighted by Gasteiger charge is -2.17. The summed E-state index contributed by atoms with van der Waals surface area (Å²) < 4.78 is 30.7. The van der Waals surface area contributed by atoms with E-state index in [4.69, 9.17) is 25.8 Å². The van der Waals surface area contributed by atoms with Crippen LogP contribution in [0.4, 0.5) is 15.9 Å². The highest BCUT2D eigenvalue weighted by Gasteiger charge is 2.20. The molecule has 2 heterocycles. The number of benzene rings is 2. The molecule has 0 amide bonds. The fourth-order valence-corrected chi connectivity index (χ4v) is 3.20. The Hall–Kier alpha value is -2.64. The van der Waals surface area contributed by atoms with Crippen molar-refractivity contribution in [3.05, 3.63) is 47.5 Å². The van der Waals surface area contributed by atoms with Gasteiger partial charge in [-0.3, -0.25) is 0 Å². The zero-order chi connectivity index (χ0) is 19.5. The molecule has 0 bridgehead atoms. The molecule has 6 nitrogen and oxygen atoms in total. The van der Waals surface area contributed by atoms with E-state index in [-0.39, 0.29) is 11.1 Å². The van der Waals surface area contributed by atoms with Gasteiger partial charge in [0.05, 0.1) is 30.4 Å². The Kier molecular flexibility index (Phi) is 5.45. The number of nitrogens with one attached hydrogen (secondary N) is 1. The predicted molar refractivity (Wildman–Crippen MR) is 105 cm³/mol. The van der Waals surface area contributed by atoms with Crippen molar-refractivity contribution in [3.8, 4) is 11.5 Å². The molecule has 1 aliphatic rings. The van der Waals surface area contributed by atoms with Crippen LogP contribution in [0.1, 0.15) is 13.3 Å². The molecule has 2 aromatic carbocycles. The molecule has 1 fully saturated rings. The van der Waals surface area contributed by atoms with Gasteiger partial charge in [-0.1, -0.05) is 11.6 Å². The largest absolute Gasteiger partial charge is 0.490 e. The molecule has 3 aromatic rings. The summed E-state index contributed by atoms with van der Waals surface area (Å²) in [7, 11) is 0. The average Bonchev–Trinajstić information content (AvgIpc) is 3.19. The number of anilines is 2. The smallest absolute Gasteiger partial charge is 0.163 e. The molecule has 1 N–H and O–H groups in total. The molecule has 28 heavy (non-hydrogen) atoms. The van der Waals surface area contributed by atoms with Crippen molar-refractivity contribution in [1.82, 2.24) is 9.97 Å². The Morgan fingerprint density at radius 3 is 2.89 bits per heavy atom. The maximum absolute atomic E-state index is 13.4. The molecule has 1 aliphatic heterocycles. The third kappa shape index (κ3) is 3.95. The van der Waals surface area contributed by atoms with Crippen LogP contribution < -0.4 is 14.8 Å². The van der Waals surface area contributed by atoms with Crippen LogP contribution in [0, 0.1) is 5.82 Å². The molecule has 0 spiro atoms. The molecule has 0 saturated carbocycles. The first kappa shape index (κ1) is 18.7. The van der Waals surface area contributed by atoms with Gasteiger partial charge in [0.2, 0.25) is 0 Å². The number of hydrogen-bond donors (Lipinski definition) is 1. The third-order valence-electron chi connectivity index (χ3n) is 4.36. The summed E-state index contributed by atoms with van der Waals surface area (Å²) in [6.07, 6.45) is 2.26. The van der Waals surface area contributed by atoms with Gasteiger partial charge >= 0.3 is 0 Å². The molecule has 1 aromatic heterocycles. The van der Waals surface area contributed by atoms with Crippen molar-refractivity contribution in [2.75, 3.05) is 25.1 Å². The van der Waals surface area contributed by atoms with Crippen molar-refractivity contribution in [1.29, 1.82) is 0 Å². The fourth-order valence-electron chi connectivity index (χ4n) is 3.02. The maximum atomic E-state index is 13.4. The minimum absolute atomic E-state index is 0.0198. The minimum atomic E-state index is -0.476. The number of ether oxygens (including phenoxy) is 3. The Balaban J connectivity index is 1.73. The Bertz CT molecular complexity index is 996.